The van der Waals surface area contributed by atoms with E-state index in [0.29, 0.717) is 0 Å². The molecule has 1 heterocycles. The molecule has 0 saturated carbocycles. The van der Waals surface area contributed by atoms with Crippen LogP contribution in [0.5, 0.6) is 0 Å². The molecule has 0 aliphatic heterocycles. The average molecular weight is 452 g/mol. The van der Waals surface area contributed by atoms with E-state index in [4.69, 9.17) is 0 Å². The minimum Gasteiger partial charge on any atom is -0.287 e. The highest BCUT2D eigenvalue weighted by Gasteiger charge is 2.30. The molecule has 0 amide bonds. The van der Waals surface area contributed by atoms with Crippen molar-refractivity contribution in [2.24, 2.45) is 0 Å². The topological polar surface area (TPSA) is 47.8 Å². The van der Waals surface area contributed by atoms with Gasteiger partial charge in [0.15, 0.2) is 0 Å². The van der Waals surface area contributed by atoms with Gasteiger partial charge in [-0.1, -0.05) is 94.1 Å². The van der Waals surface area contributed by atoms with Gasteiger partial charge < -0.3 is 0 Å². The van der Waals surface area contributed by atoms with E-state index in [0.717, 1.165) is 79.0 Å². The zero-order valence-electron chi connectivity index (χ0n) is 20.2. The monoisotopic (exact) mass is 451 g/mol. The van der Waals surface area contributed by atoms with Gasteiger partial charge in [0, 0.05) is 5.56 Å². The molecule has 0 atom stereocenters. The number of carbonyl (C=O) groups excluding carboxylic acids is 1. The van der Waals surface area contributed by atoms with E-state index < -0.39 is 6.89 Å². The van der Waals surface area contributed by atoms with Crippen LogP contribution < -0.4 is 0 Å². The largest absolute Gasteiger partial charge is 0.287 e. The maximum Gasteiger partial charge on any atom is 0.211 e. The Morgan fingerprint density at radius 1 is 0.844 bits per heavy atom. The maximum atomic E-state index is 14.2. The third-order valence-corrected chi connectivity index (χ3v) is 11.1. The standard InChI is InChI=1S/C27H38N3OP/c1-5-8-19-32(20-9-6-2,21-10-7-3)27(26(31)23-17-15-22(4)16-18-23)30-25-14-12-11-13-24(25)28-29-30/h11-18H,5-10,19-21H2,1-4H3. The van der Waals surface area contributed by atoms with Gasteiger partial charge in [0.2, 0.25) is 5.78 Å². The van der Waals surface area contributed by atoms with E-state index in [1.807, 2.05) is 53.2 Å². The summed E-state index contributed by atoms with van der Waals surface area (Å²) in [7, 11) is 0. The zero-order valence-corrected chi connectivity index (χ0v) is 21.1. The quantitative estimate of drug-likeness (QED) is 0.220. The number of rotatable bonds is 12. The predicted molar refractivity (Wildman–Crippen MR) is 140 cm³/mol. The Kier molecular flexibility index (Phi) is 8.87. The first-order valence-electron chi connectivity index (χ1n) is 12.2. The van der Waals surface area contributed by atoms with Gasteiger partial charge >= 0.3 is 0 Å². The summed E-state index contributed by atoms with van der Waals surface area (Å²) in [6, 6.07) is 16.1. The van der Waals surface area contributed by atoms with E-state index in [2.05, 4.69) is 38.0 Å². The number of fused-ring (bicyclic) bond motifs is 1. The molecule has 32 heavy (non-hydrogen) atoms. The SMILES string of the molecule is CCCCP(CCCC)(CCCC)=C(C(=O)c1ccc(C)cc1)n1nnc2ccccc21. The van der Waals surface area contributed by atoms with Gasteiger partial charge in [0.1, 0.15) is 10.9 Å². The van der Waals surface area contributed by atoms with Crippen molar-refractivity contribution in [1.29, 1.82) is 0 Å². The number of nitrogens with zero attached hydrogens (tertiary/aromatic N) is 3. The van der Waals surface area contributed by atoms with Gasteiger partial charge in [0.25, 0.3) is 0 Å². The number of benzene rings is 2. The van der Waals surface area contributed by atoms with Crippen molar-refractivity contribution >= 4 is 29.1 Å². The van der Waals surface area contributed by atoms with Crippen LogP contribution in [0.3, 0.4) is 0 Å². The molecule has 0 unspecified atom stereocenters. The second-order valence-corrected chi connectivity index (χ2v) is 12.9. The van der Waals surface area contributed by atoms with Crippen molar-refractivity contribution in [3.8, 4) is 0 Å². The predicted octanol–water partition coefficient (Wildman–Crippen LogP) is 7.02. The van der Waals surface area contributed by atoms with Crippen LogP contribution in [0, 0.1) is 6.92 Å². The summed E-state index contributed by atoms with van der Waals surface area (Å²) in [6.45, 7) is 7.06. The fourth-order valence-electron chi connectivity index (χ4n) is 4.41. The molecule has 0 bridgehead atoms. The number of ketones is 1. The summed E-state index contributed by atoms with van der Waals surface area (Å²) in [6.07, 6.45) is 10.2. The first kappa shape index (κ1) is 24.5. The number of para-hydroxylation sites is 1. The molecule has 1 aromatic heterocycles. The van der Waals surface area contributed by atoms with Crippen LogP contribution in [-0.4, -0.2) is 44.7 Å². The molecular formula is C27H38N3OP. The van der Waals surface area contributed by atoms with Gasteiger partial charge in [-0.2, -0.15) is 0 Å². The summed E-state index contributed by atoms with van der Waals surface area (Å²) >= 11 is 0. The lowest BCUT2D eigenvalue weighted by atomic mass is 10.1. The van der Waals surface area contributed by atoms with E-state index in [1.165, 1.54) is 5.56 Å². The number of carbonyl (C=O) groups is 1. The molecule has 4 nitrogen and oxygen atoms in total. The number of hydrogen-bond acceptors (Lipinski definition) is 3. The Morgan fingerprint density at radius 3 is 1.97 bits per heavy atom. The Labute approximate surface area is 193 Å². The van der Waals surface area contributed by atoms with E-state index in [9.17, 15) is 4.79 Å². The summed E-state index contributed by atoms with van der Waals surface area (Å²) in [4.78, 5) is 14.2. The number of aryl methyl sites for hydroxylation is 1. The second kappa shape index (κ2) is 11.6. The van der Waals surface area contributed by atoms with Gasteiger partial charge in [0.05, 0.1) is 5.52 Å². The molecule has 0 spiro atoms. The van der Waals surface area contributed by atoms with Crippen LogP contribution >= 0.6 is 6.89 Å². The van der Waals surface area contributed by atoms with Gasteiger partial charge in [-0.05, 0) is 56.8 Å². The van der Waals surface area contributed by atoms with E-state index >= 15 is 0 Å². The van der Waals surface area contributed by atoms with Crippen molar-refractivity contribution in [3.05, 3.63) is 59.7 Å². The molecule has 5 heteroatoms. The lowest BCUT2D eigenvalue weighted by Gasteiger charge is -2.31. The van der Waals surface area contributed by atoms with Crippen molar-refractivity contribution < 1.29 is 4.79 Å². The Balaban J connectivity index is 2.34. The Hall–Kier alpha value is -2.19. The molecule has 2 aromatic carbocycles. The van der Waals surface area contributed by atoms with Crippen molar-refractivity contribution in [1.82, 2.24) is 15.0 Å². The minimum atomic E-state index is -1.75. The van der Waals surface area contributed by atoms with E-state index in [1.54, 1.807) is 0 Å². The second-order valence-electron chi connectivity index (χ2n) is 8.89. The van der Waals surface area contributed by atoms with Crippen LogP contribution in [0.2, 0.25) is 0 Å². The van der Waals surface area contributed by atoms with E-state index in [-0.39, 0.29) is 5.78 Å². The minimum absolute atomic E-state index is 0.136. The normalized spacial score (nSPS) is 11.8. The van der Waals surface area contributed by atoms with Crippen LogP contribution in [-0.2, 0) is 0 Å². The highest BCUT2D eigenvalue weighted by Crippen LogP contribution is 2.52. The summed E-state index contributed by atoms with van der Waals surface area (Å²) in [5.41, 5.74) is 4.64. The number of aromatic nitrogens is 3. The molecule has 0 radical (unpaired) electrons. The van der Waals surface area contributed by atoms with Crippen molar-refractivity contribution in [2.75, 3.05) is 18.5 Å². The summed E-state index contributed by atoms with van der Waals surface area (Å²) < 4.78 is 1.92. The summed E-state index contributed by atoms with van der Waals surface area (Å²) in [5, 5.41) is 9.03. The molecule has 0 aliphatic rings. The number of unbranched alkanes of at least 4 members (excludes halogenated alkanes) is 3. The first-order valence-corrected chi connectivity index (χ1v) is 14.6. The molecule has 172 valence electrons. The summed E-state index contributed by atoms with van der Waals surface area (Å²) in [5.74, 6) is 0.136. The highest BCUT2D eigenvalue weighted by molar-refractivity contribution is 7.77. The van der Waals surface area contributed by atoms with Gasteiger partial charge in [-0.3, -0.25) is 4.79 Å². The molecule has 0 fully saturated rings. The molecular weight excluding hydrogens is 413 g/mol. The van der Waals surface area contributed by atoms with Crippen LogP contribution in [0.25, 0.3) is 11.0 Å². The fourth-order valence-corrected chi connectivity index (χ4v) is 9.59. The lowest BCUT2D eigenvalue weighted by molar-refractivity contribution is 0.106. The third kappa shape index (κ3) is 5.41. The third-order valence-electron chi connectivity index (χ3n) is 6.34. The van der Waals surface area contributed by atoms with Crippen LogP contribution in [0.15, 0.2) is 48.5 Å². The molecule has 0 N–H and O–H groups in total. The Morgan fingerprint density at radius 2 is 1.41 bits per heavy atom. The molecule has 3 rings (SSSR count). The average Bonchev–Trinajstić information content (AvgIpc) is 3.24. The maximum absolute atomic E-state index is 14.2. The molecule has 3 aromatic rings. The number of hydrogen-bond donors (Lipinski definition) is 0. The number of Topliss-reactive ketones (excluding diaryl/α,β-unsaturated/α-hetero) is 1. The van der Waals surface area contributed by atoms with Gasteiger partial charge in [-0.25, -0.2) is 4.68 Å². The molecule has 0 saturated heterocycles. The lowest BCUT2D eigenvalue weighted by Crippen LogP contribution is -2.29. The van der Waals surface area contributed by atoms with Crippen LogP contribution in [0.1, 0.15) is 75.2 Å². The fraction of sp³-hybridized carbons (Fsp3) is 0.481. The highest BCUT2D eigenvalue weighted by atomic mass is 31.2. The van der Waals surface area contributed by atoms with Crippen LogP contribution in [0.4, 0.5) is 0 Å². The molecule has 0 aliphatic carbocycles. The first-order chi connectivity index (χ1) is 15.6. The smallest absolute Gasteiger partial charge is 0.211 e. The Bertz CT molecular complexity index is 1050. The van der Waals surface area contributed by atoms with Crippen molar-refractivity contribution in [3.63, 3.8) is 0 Å². The van der Waals surface area contributed by atoms with Gasteiger partial charge in [-0.15, -0.1) is 5.10 Å². The zero-order chi connectivity index (χ0) is 23.0. The van der Waals surface area contributed by atoms with Crippen molar-refractivity contribution in [2.45, 2.75) is 66.2 Å².